The molecular weight excluding hydrogens is 352 g/mol. The van der Waals surface area contributed by atoms with Crippen LogP contribution in [0.3, 0.4) is 0 Å². The minimum atomic E-state index is -3.94. The zero-order chi connectivity index (χ0) is 18.7. The van der Waals surface area contributed by atoms with Gasteiger partial charge in [0.05, 0.1) is 10.4 Å². The third-order valence-electron chi connectivity index (χ3n) is 4.00. The molecule has 0 amide bonds. The number of carbonyl (C=O) groups is 1. The van der Waals surface area contributed by atoms with Gasteiger partial charge in [-0.3, -0.25) is 9.78 Å². The minimum Gasteiger partial charge on any atom is -0.480 e. The van der Waals surface area contributed by atoms with Crippen LogP contribution in [-0.4, -0.2) is 30.5 Å². The van der Waals surface area contributed by atoms with Gasteiger partial charge in [-0.1, -0.05) is 42.0 Å². The highest BCUT2D eigenvalue weighted by atomic mass is 32.2. The predicted octanol–water partition coefficient (Wildman–Crippen LogP) is 2.52. The van der Waals surface area contributed by atoms with Crippen LogP contribution in [-0.2, 0) is 21.2 Å². The first-order valence-corrected chi connectivity index (χ1v) is 9.50. The van der Waals surface area contributed by atoms with Crippen molar-refractivity contribution in [1.29, 1.82) is 0 Å². The number of nitrogens with zero attached hydrogens (tertiary/aromatic N) is 1. The first-order valence-electron chi connectivity index (χ1n) is 8.02. The second kappa shape index (κ2) is 7.23. The SMILES string of the molecule is Cc1ccc(S(=O)(=O)NC(Cc2ccc3ccccc3n2)C(=O)O)cc1. The molecule has 134 valence electrons. The van der Waals surface area contributed by atoms with Crippen molar-refractivity contribution in [2.24, 2.45) is 0 Å². The molecule has 1 heterocycles. The molecule has 3 aromatic rings. The molecule has 1 atom stereocenters. The normalized spacial score (nSPS) is 12.8. The van der Waals surface area contributed by atoms with Gasteiger partial charge in [0.1, 0.15) is 6.04 Å². The summed E-state index contributed by atoms with van der Waals surface area (Å²) in [5, 5.41) is 10.4. The van der Waals surface area contributed by atoms with Crippen molar-refractivity contribution in [3.05, 3.63) is 71.9 Å². The van der Waals surface area contributed by atoms with Crippen molar-refractivity contribution in [2.75, 3.05) is 0 Å². The number of pyridine rings is 1. The lowest BCUT2D eigenvalue weighted by Crippen LogP contribution is -2.42. The van der Waals surface area contributed by atoms with Crippen LogP contribution in [0.1, 0.15) is 11.3 Å². The Morgan fingerprint density at radius 1 is 1.08 bits per heavy atom. The van der Waals surface area contributed by atoms with E-state index in [4.69, 9.17) is 0 Å². The van der Waals surface area contributed by atoms with E-state index in [0.717, 1.165) is 16.5 Å². The zero-order valence-electron chi connectivity index (χ0n) is 14.1. The van der Waals surface area contributed by atoms with E-state index in [9.17, 15) is 18.3 Å². The van der Waals surface area contributed by atoms with Crippen LogP contribution in [0.25, 0.3) is 10.9 Å². The van der Waals surface area contributed by atoms with Crippen LogP contribution < -0.4 is 4.72 Å². The largest absolute Gasteiger partial charge is 0.480 e. The van der Waals surface area contributed by atoms with Crippen molar-refractivity contribution in [3.63, 3.8) is 0 Å². The van der Waals surface area contributed by atoms with Gasteiger partial charge in [-0.05, 0) is 31.2 Å². The second-order valence-corrected chi connectivity index (χ2v) is 7.74. The number of benzene rings is 2. The number of sulfonamides is 1. The molecule has 1 aromatic heterocycles. The number of rotatable bonds is 6. The molecule has 7 heteroatoms. The Morgan fingerprint density at radius 2 is 1.77 bits per heavy atom. The fraction of sp³-hybridized carbons (Fsp3) is 0.158. The van der Waals surface area contributed by atoms with Gasteiger partial charge in [-0.15, -0.1) is 0 Å². The molecule has 2 aromatic carbocycles. The lowest BCUT2D eigenvalue weighted by Gasteiger charge is -2.15. The molecule has 0 spiro atoms. The summed E-state index contributed by atoms with van der Waals surface area (Å²) in [7, 11) is -3.94. The van der Waals surface area contributed by atoms with Gasteiger partial charge < -0.3 is 5.11 Å². The summed E-state index contributed by atoms with van der Waals surface area (Å²) in [6.45, 7) is 1.84. The maximum absolute atomic E-state index is 12.5. The molecular formula is C19H18N2O4S. The number of aryl methyl sites for hydroxylation is 1. The standard InChI is InChI=1S/C19H18N2O4S/c1-13-6-10-16(11-7-13)26(24,25)21-18(19(22)23)12-15-9-8-14-4-2-3-5-17(14)20-15/h2-11,18,21H,12H2,1H3,(H,22,23). The lowest BCUT2D eigenvalue weighted by molar-refractivity contribution is -0.138. The maximum atomic E-state index is 12.5. The maximum Gasteiger partial charge on any atom is 0.322 e. The number of para-hydroxylation sites is 1. The van der Waals surface area contributed by atoms with E-state index in [1.165, 1.54) is 12.1 Å². The molecule has 6 nitrogen and oxygen atoms in total. The Morgan fingerprint density at radius 3 is 2.46 bits per heavy atom. The highest BCUT2D eigenvalue weighted by Gasteiger charge is 2.26. The zero-order valence-corrected chi connectivity index (χ0v) is 14.9. The number of aromatic nitrogens is 1. The average Bonchev–Trinajstić information content (AvgIpc) is 2.61. The molecule has 0 saturated heterocycles. The number of carboxylic acid groups (broad SMARTS) is 1. The van der Waals surface area contributed by atoms with E-state index in [0.29, 0.717) is 5.69 Å². The number of hydrogen-bond donors (Lipinski definition) is 2. The number of hydrogen-bond acceptors (Lipinski definition) is 4. The number of carboxylic acids is 1. The van der Waals surface area contributed by atoms with Gasteiger partial charge in [-0.2, -0.15) is 4.72 Å². The van der Waals surface area contributed by atoms with E-state index < -0.39 is 22.0 Å². The summed E-state index contributed by atoms with van der Waals surface area (Å²) in [4.78, 5) is 16.0. The summed E-state index contributed by atoms with van der Waals surface area (Å²) in [5.41, 5.74) is 2.15. The van der Waals surface area contributed by atoms with E-state index in [1.807, 2.05) is 37.3 Å². The lowest BCUT2D eigenvalue weighted by atomic mass is 10.1. The molecule has 0 radical (unpaired) electrons. The van der Waals surface area contributed by atoms with Crippen molar-refractivity contribution in [2.45, 2.75) is 24.3 Å². The summed E-state index contributed by atoms with van der Waals surface area (Å²) in [6.07, 6.45) is -0.0503. The highest BCUT2D eigenvalue weighted by Crippen LogP contribution is 2.15. The fourth-order valence-electron chi connectivity index (χ4n) is 2.58. The first kappa shape index (κ1) is 18.0. The summed E-state index contributed by atoms with van der Waals surface area (Å²) < 4.78 is 27.2. The van der Waals surface area contributed by atoms with Gasteiger partial charge in [0.25, 0.3) is 0 Å². The van der Waals surface area contributed by atoms with Crippen molar-refractivity contribution >= 4 is 26.9 Å². The quantitative estimate of drug-likeness (QED) is 0.695. The van der Waals surface area contributed by atoms with Gasteiger partial charge in [-0.25, -0.2) is 8.42 Å². The third kappa shape index (κ3) is 4.07. The van der Waals surface area contributed by atoms with E-state index in [1.54, 1.807) is 18.2 Å². The highest BCUT2D eigenvalue weighted by molar-refractivity contribution is 7.89. The number of nitrogens with one attached hydrogen (secondary N) is 1. The van der Waals surface area contributed by atoms with Crippen LogP contribution in [0, 0.1) is 6.92 Å². The predicted molar refractivity (Wildman–Crippen MR) is 98.4 cm³/mol. The van der Waals surface area contributed by atoms with Crippen LogP contribution in [0.4, 0.5) is 0 Å². The molecule has 0 saturated carbocycles. The average molecular weight is 370 g/mol. The molecule has 0 aliphatic rings. The van der Waals surface area contributed by atoms with Crippen LogP contribution in [0.15, 0.2) is 65.6 Å². The fourth-order valence-corrected chi connectivity index (χ4v) is 3.77. The van der Waals surface area contributed by atoms with Crippen LogP contribution >= 0.6 is 0 Å². The van der Waals surface area contributed by atoms with Crippen LogP contribution in [0.2, 0.25) is 0 Å². The molecule has 0 fully saturated rings. The van der Waals surface area contributed by atoms with Gasteiger partial charge in [0.15, 0.2) is 0 Å². The summed E-state index contributed by atoms with van der Waals surface area (Å²) >= 11 is 0. The molecule has 26 heavy (non-hydrogen) atoms. The summed E-state index contributed by atoms with van der Waals surface area (Å²) in [5.74, 6) is -1.25. The molecule has 0 bridgehead atoms. The van der Waals surface area contributed by atoms with E-state index in [-0.39, 0.29) is 11.3 Å². The summed E-state index contributed by atoms with van der Waals surface area (Å²) in [6, 6.07) is 15.9. The second-order valence-electron chi connectivity index (χ2n) is 6.02. The van der Waals surface area contributed by atoms with Crippen molar-refractivity contribution < 1.29 is 18.3 Å². The monoisotopic (exact) mass is 370 g/mol. The first-order chi connectivity index (χ1) is 12.3. The van der Waals surface area contributed by atoms with Gasteiger partial charge in [0.2, 0.25) is 10.0 Å². The van der Waals surface area contributed by atoms with Gasteiger partial charge in [0, 0.05) is 17.5 Å². The smallest absolute Gasteiger partial charge is 0.322 e. The molecule has 0 aliphatic carbocycles. The van der Waals surface area contributed by atoms with E-state index in [2.05, 4.69) is 9.71 Å². The Kier molecular flexibility index (Phi) is 5.01. The van der Waals surface area contributed by atoms with Gasteiger partial charge >= 0.3 is 5.97 Å². The Labute approximate surface area is 151 Å². The number of fused-ring (bicyclic) bond motifs is 1. The van der Waals surface area contributed by atoms with Crippen molar-refractivity contribution in [1.82, 2.24) is 9.71 Å². The van der Waals surface area contributed by atoms with E-state index >= 15 is 0 Å². The topological polar surface area (TPSA) is 96.4 Å². The Hall–Kier alpha value is -2.77. The Balaban J connectivity index is 1.84. The Bertz CT molecular complexity index is 1050. The molecule has 2 N–H and O–H groups in total. The number of aliphatic carboxylic acids is 1. The molecule has 3 rings (SSSR count). The minimum absolute atomic E-state index is 0.0285. The van der Waals surface area contributed by atoms with Crippen molar-refractivity contribution in [3.8, 4) is 0 Å². The molecule has 1 unspecified atom stereocenters. The molecule has 0 aliphatic heterocycles. The van der Waals surface area contributed by atoms with Crippen LogP contribution in [0.5, 0.6) is 0 Å². The third-order valence-corrected chi connectivity index (χ3v) is 5.48.